The van der Waals surface area contributed by atoms with Crippen molar-refractivity contribution in [2.75, 3.05) is 33.4 Å². The van der Waals surface area contributed by atoms with Gasteiger partial charge in [-0.15, -0.1) is 0 Å². The lowest BCUT2D eigenvalue weighted by atomic mass is 9.99. The van der Waals surface area contributed by atoms with Crippen molar-refractivity contribution in [3.63, 3.8) is 0 Å². The number of hydrogen-bond acceptors (Lipinski definition) is 5. The molecular formula is C18H22N2O5. The van der Waals surface area contributed by atoms with Crippen molar-refractivity contribution in [3.8, 4) is 0 Å². The third kappa shape index (κ3) is 3.67. The van der Waals surface area contributed by atoms with Gasteiger partial charge in [-0.2, -0.15) is 0 Å². The molecule has 134 valence electrons. The standard InChI is InChI=1S/C18H22N2O5/c1-12-7-14-8-13(3-4-15(14)25-12)17(22)20-5-6-24-11-18(10-20,23-2)9-16(19)21/h3-4,7-8H,5-6,9-11H2,1-2H3,(H2,19,21)/t18-/m0/s1. The second-order valence-corrected chi connectivity index (χ2v) is 6.42. The molecule has 7 heteroatoms. The lowest BCUT2D eigenvalue weighted by Crippen LogP contribution is -2.50. The number of primary amides is 1. The maximum atomic E-state index is 13.0. The first kappa shape index (κ1) is 17.4. The van der Waals surface area contributed by atoms with E-state index in [0.717, 1.165) is 16.7 Å². The van der Waals surface area contributed by atoms with E-state index in [1.54, 1.807) is 17.0 Å². The van der Waals surface area contributed by atoms with Gasteiger partial charge in [0.1, 0.15) is 16.9 Å². The van der Waals surface area contributed by atoms with E-state index in [4.69, 9.17) is 19.6 Å². The Kier molecular flexibility index (Phi) is 4.78. The summed E-state index contributed by atoms with van der Waals surface area (Å²) in [4.78, 5) is 26.0. The normalized spacial score (nSPS) is 21.3. The van der Waals surface area contributed by atoms with Crippen molar-refractivity contribution in [3.05, 3.63) is 35.6 Å². The summed E-state index contributed by atoms with van der Waals surface area (Å²) in [7, 11) is 1.50. The maximum absolute atomic E-state index is 13.0. The van der Waals surface area contributed by atoms with Gasteiger partial charge in [0, 0.05) is 24.6 Å². The van der Waals surface area contributed by atoms with Crippen LogP contribution in [0.25, 0.3) is 11.0 Å². The van der Waals surface area contributed by atoms with Crippen molar-refractivity contribution < 1.29 is 23.5 Å². The summed E-state index contributed by atoms with van der Waals surface area (Å²) in [5.41, 5.74) is 5.72. The Morgan fingerprint density at radius 2 is 2.16 bits per heavy atom. The highest BCUT2D eigenvalue weighted by Crippen LogP contribution is 2.24. The second kappa shape index (κ2) is 6.85. The number of carbonyl (C=O) groups excluding carboxylic acids is 2. The summed E-state index contributed by atoms with van der Waals surface area (Å²) >= 11 is 0. The first-order valence-corrected chi connectivity index (χ1v) is 8.13. The molecule has 2 amide bonds. The predicted octanol–water partition coefficient (Wildman–Crippen LogP) is 1.47. The van der Waals surface area contributed by atoms with Crippen molar-refractivity contribution in [1.82, 2.24) is 4.90 Å². The Morgan fingerprint density at radius 1 is 1.36 bits per heavy atom. The Hall–Kier alpha value is -2.38. The number of rotatable bonds is 4. The quantitative estimate of drug-likeness (QED) is 0.905. The molecule has 2 heterocycles. The average molecular weight is 346 g/mol. The monoisotopic (exact) mass is 346 g/mol. The van der Waals surface area contributed by atoms with Crippen LogP contribution in [-0.2, 0) is 14.3 Å². The molecule has 0 aliphatic carbocycles. The topological polar surface area (TPSA) is 95.0 Å². The molecule has 0 spiro atoms. The molecule has 0 unspecified atom stereocenters. The van der Waals surface area contributed by atoms with Crippen LogP contribution in [0.2, 0.25) is 0 Å². The lowest BCUT2D eigenvalue weighted by Gasteiger charge is -2.33. The van der Waals surface area contributed by atoms with E-state index in [0.29, 0.717) is 18.7 Å². The number of methoxy groups -OCH3 is 1. The fraction of sp³-hybridized carbons (Fsp3) is 0.444. The van der Waals surface area contributed by atoms with Gasteiger partial charge in [0.2, 0.25) is 5.91 Å². The Labute approximate surface area is 145 Å². The third-order valence-electron chi connectivity index (χ3n) is 4.45. The van der Waals surface area contributed by atoms with E-state index in [1.807, 2.05) is 19.1 Å². The molecule has 7 nitrogen and oxygen atoms in total. The minimum absolute atomic E-state index is 0.00671. The largest absolute Gasteiger partial charge is 0.461 e. The first-order chi connectivity index (χ1) is 11.9. The molecular weight excluding hydrogens is 324 g/mol. The van der Waals surface area contributed by atoms with Crippen LogP contribution in [0.1, 0.15) is 22.5 Å². The van der Waals surface area contributed by atoms with Crippen LogP contribution in [0.4, 0.5) is 0 Å². The smallest absolute Gasteiger partial charge is 0.254 e. The van der Waals surface area contributed by atoms with Gasteiger partial charge in [-0.1, -0.05) is 0 Å². The summed E-state index contributed by atoms with van der Waals surface area (Å²) in [5.74, 6) is 0.162. The number of carbonyl (C=O) groups is 2. The molecule has 1 aromatic heterocycles. The second-order valence-electron chi connectivity index (χ2n) is 6.42. The predicted molar refractivity (Wildman–Crippen MR) is 91.2 cm³/mol. The maximum Gasteiger partial charge on any atom is 0.254 e. The molecule has 1 saturated heterocycles. The zero-order chi connectivity index (χ0) is 18.0. The molecule has 1 atom stereocenters. The number of ether oxygens (including phenoxy) is 2. The molecule has 3 rings (SSSR count). The van der Waals surface area contributed by atoms with Gasteiger partial charge in [0.05, 0.1) is 26.2 Å². The van der Waals surface area contributed by atoms with Crippen molar-refractivity contribution in [1.29, 1.82) is 0 Å². The molecule has 2 N–H and O–H groups in total. The first-order valence-electron chi connectivity index (χ1n) is 8.13. The van der Waals surface area contributed by atoms with Crippen LogP contribution >= 0.6 is 0 Å². The Balaban J connectivity index is 1.86. The van der Waals surface area contributed by atoms with Crippen molar-refractivity contribution in [2.45, 2.75) is 18.9 Å². The van der Waals surface area contributed by atoms with Gasteiger partial charge < -0.3 is 24.5 Å². The molecule has 1 aromatic carbocycles. The number of benzene rings is 1. The van der Waals surface area contributed by atoms with Crippen LogP contribution < -0.4 is 5.73 Å². The summed E-state index contributed by atoms with van der Waals surface area (Å²) in [5, 5.41) is 0.879. The number of furan rings is 1. The van der Waals surface area contributed by atoms with E-state index in [1.165, 1.54) is 7.11 Å². The summed E-state index contributed by atoms with van der Waals surface area (Å²) in [6, 6.07) is 7.23. The highest BCUT2D eigenvalue weighted by atomic mass is 16.5. The van der Waals surface area contributed by atoms with Gasteiger partial charge in [-0.25, -0.2) is 0 Å². The molecule has 1 aliphatic rings. The number of nitrogens with two attached hydrogens (primary N) is 1. The summed E-state index contributed by atoms with van der Waals surface area (Å²) in [6.45, 7) is 3.13. The summed E-state index contributed by atoms with van der Waals surface area (Å²) in [6.07, 6.45) is -0.00671. The number of aryl methyl sites for hydroxylation is 1. The van der Waals surface area contributed by atoms with Crippen LogP contribution in [0.3, 0.4) is 0 Å². The van der Waals surface area contributed by atoms with Gasteiger partial charge >= 0.3 is 0 Å². The highest BCUT2D eigenvalue weighted by Gasteiger charge is 2.38. The van der Waals surface area contributed by atoms with E-state index in [-0.39, 0.29) is 25.5 Å². The van der Waals surface area contributed by atoms with Gasteiger partial charge in [0.15, 0.2) is 0 Å². The fourth-order valence-electron chi connectivity index (χ4n) is 3.19. The number of nitrogens with zero attached hydrogens (tertiary/aromatic N) is 1. The Morgan fingerprint density at radius 3 is 2.88 bits per heavy atom. The summed E-state index contributed by atoms with van der Waals surface area (Å²) < 4.78 is 16.6. The Bertz CT molecular complexity index is 800. The van der Waals surface area contributed by atoms with Crippen LogP contribution in [-0.4, -0.2) is 55.7 Å². The zero-order valence-electron chi connectivity index (χ0n) is 14.4. The lowest BCUT2D eigenvalue weighted by molar-refractivity contribution is -0.129. The van der Waals surface area contributed by atoms with Crippen LogP contribution in [0.15, 0.2) is 28.7 Å². The van der Waals surface area contributed by atoms with E-state index >= 15 is 0 Å². The minimum atomic E-state index is -0.922. The highest BCUT2D eigenvalue weighted by molar-refractivity contribution is 5.98. The number of amides is 2. The van der Waals surface area contributed by atoms with Gasteiger partial charge in [-0.05, 0) is 31.2 Å². The van der Waals surface area contributed by atoms with E-state index in [9.17, 15) is 9.59 Å². The minimum Gasteiger partial charge on any atom is -0.461 e. The average Bonchev–Trinajstić information content (AvgIpc) is 2.81. The van der Waals surface area contributed by atoms with Gasteiger partial charge in [0.25, 0.3) is 5.91 Å². The van der Waals surface area contributed by atoms with Gasteiger partial charge in [-0.3, -0.25) is 9.59 Å². The fourth-order valence-corrected chi connectivity index (χ4v) is 3.19. The molecule has 1 aliphatic heterocycles. The van der Waals surface area contributed by atoms with E-state index in [2.05, 4.69) is 0 Å². The molecule has 0 saturated carbocycles. The molecule has 1 fully saturated rings. The molecule has 0 bridgehead atoms. The number of fused-ring (bicyclic) bond motifs is 1. The SMILES string of the molecule is CO[C@]1(CC(N)=O)COCCN(C(=O)c2ccc3oc(C)cc3c2)C1. The number of hydrogen-bond donors (Lipinski definition) is 1. The molecule has 25 heavy (non-hydrogen) atoms. The molecule has 0 radical (unpaired) electrons. The van der Waals surface area contributed by atoms with E-state index < -0.39 is 11.5 Å². The van der Waals surface area contributed by atoms with Crippen LogP contribution in [0, 0.1) is 6.92 Å². The third-order valence-corrected chi connectivity index (χ3v) is 4.45. The van der Waals surface area contributed by atoms with Crippen LogP contribution in [0.5, 0.6) is 0 Å². The van der Waals surface area contributed by atoms with Crippen molar-refractivity contribution >= 4 is 22.8 Å². The molecule has 2 aromatic rings. The van der Waals surface area contributed by atoms with Crippen molar-refractivity contribution in [2.24, 2.45) is 5.73 Å². The zero-order valence-corrected chi connectivity index (χ0v) is 14.4.